The molecule has 0 radical (unpaired) electrons. The van der Waals surface area contributed by atoms with Crippen LogP contribution in [0.3, 0.4) is 0 Å². The minimum absolute atomic E-state index is 0.0389. The molecule has 0 unspecified atom stereocenters. The molecule has 110 valence electrons. The van der Waals surface area contributed by atoms with Gasteiger partial charge in [-0.2, -0.15) is 0 Å². The first-order valence-electron chi connectivity index (χ1n) is 7.07. The largest absolute Gasteiger partial charge is 0.397 e. The van der Waals surface area contributed by atoms with E-state index in [0.29, 0.717) is 23.8 Å². The number of anilines is 2. The molecule has 1 aromatic carbocycles. The van der Waals surface area contributed by atoms with Crippen LogP contribution in [0.2, 0.25) is 0 Å². The third-order valence-electron chi connectivity index (χ3n) is 3.81. The topological polar surface area (TPSA) is 78.6 Å². The highest BCUT2D eigenvalue weighted by atomic mass is 16.3. The number of hydrogen-bond donors (Lipinski definition) is 3. The second kappa shape index (κ2) is 6.72. The van der Waals surface area contributed by atoms with Crippen LogP contribution in [-0.4, -0.2) is 42.2 Å². The van der Waals surface area contributed by atoms with Gasteiger partial charge in [0.15, 0.2) is 0 Å². The molecular weight excluding hydrogens is 254 g/mol. The monoisotopic (exact) mass is 277 g/mol. The predicted molar refractivity (Wildman–Crippen MR) is 80.5 cm³/mol. The van der Waals surface area contributed by atoms with Gasteiger partial charge < -0.3 is 16.2 Å². The fourth-order valence-electron chi connectivity index (χ4n) is 2.52. The van der Waals surface area contributed by atoms with Crippen molar-refractivity contribution in [2.45, 2.75) is 19.8 Å². The Hall–Kier alpha value is -1.59. The summed E-state index contributed by atoms with van der Waals surface area (Å²) in [7, 11) is 0. The fraction of sp³-hybridized carbons (Fsp3) is 0.533. The van der Waals surface area contributed by atoms with Crippen LogP contribution in [-0.2, 0) is 4.79 Å². The van der Waals surface area contributed by atoms with Crippen LogP contribution in [0.4, 0.5) is 11.4 Å². The molecule has 0 saturated carbocycles. The molecule has 0 spiro atoms. The molecule has 1 aromatic rings. The molecule has 4 N–H and O–H groups in total. The SMILES string of the molecule is Cc1ccc(NC(=O)CN2CCC(CO)CC2)c(N)c1. The molecule has 1 amide bonds. The first kappa shape index (κ1) is 14.8. The van der Waals surface area contributed by atoms with Crippen LogP contribution in [0.25, 0.3) is 0 Å². The lowest BCUT2D eigenvalue weighted by atomic mass is 9.98. The van der Waals surface area contributed by atoms with E-state index in [1.807, 2.05) is 25.1 Å². The number of amides is 1. The lowest BCUT2D eigenvalue weighted by Crippen LogP contribution is -2.39. The Kier molecular flexibility index (Phi) is 4.98. The number of nitrogens with two attached hydrogens (primary N) is 1. The number of aliphatic hydroxyl groups is 1. The summed E-state index contributed by atoms with van der Waals surface area (Å²) < 4.78 is 0. The summed E-state index contributed by atoms with van der Waals surface area (Å²) in [6.07, 6.45) is 1.91. The van der Waals surface area contributed by atoms with Crippen molar-refractivity contribution < 1.29 is 9.90 Å². The Morgan fingerprint density at radius 1 is 1.45 bits per heavy atom. The zero-order valence-corrected chi connectivity index (χ0v) is 11.9. The van der Waals surface area contributed by atoms with Gasteiger partial charge in [0.05, 0.1) is 17.9 Å². The normalized spacial score (nSPS) is 17.1. The van der Waals surface area contributed by atoms with E-state index in [0.717, 1.165) is 31.5 Å². The van der Waals surface area contributed by atoms with Gasteiger partial charge in [-0.25, -0.2) is 0 Å². The number of piperidine rings is 1. The van der Waals surface area contributed by atoms with Crippen molar-refractivity contribution in [3.8, 4) is 0 Å². The number of benzene rings is 1. The van der Waals surface area contributed by atoms with Gasteiger partial charge in [-0.3, -0.25) is 9.69 Å². The number of hydrogen-bond acceptors (Lipinski definition) is 4. The molecule has 1 heterocycles. The fourth-order valence-corrected chi connectivity index (χ4v) is 2.52. The maximum Gasteiger partial charge on any atom is 0.238 e. The van der Waals surface area contributed by atoms with Gasteiger partial charge >= 0.3 is 0 Å². The summed E-state index contributed by atoms with van der Waals surface area (Å²) in [5.41, 5.74) is 8.23. The van der Waals surface area contributed by atoms with E-state index in [9.17, 15) is 4.79 Å². The highest BCUT2D eigenvalue weighted by Gasteiger charge is 2.20. The Morgan fingerprint density at radius 2 is 2.15 bits per heavy atom. The van der Waals surface area contributed by atoms with Gasteiger partial charge in [0, 0.05) is 6.61 Å². The highest BCUT2D eigenvalue weighted by molar-refractivity contribution is 5.95. The van der Waals surface area contributed by atoms with Crippen molar-refractivity contribution in [2.24, 2.45) is 5.92 Å². The van der Waals surface area contributed by atoms with Gasteiger partial charge in [0.25, 0.3) is 0 Å². The predicted octanol–water partition coefficient (Wildman–Crippen LogP) is 1.22. The number of carbonyl (C=O) groups is 1. The molecule has 0 bridgehead atoms. The summed E-state index contributed by atoms with van der Waals surface area (Å²) in [5, 5.41) is 12.0. The summed E-state index contributed by atoms with van der Waals surface area (Å²) >= 11 is 0. The number of nitrogens with one attached hydrogen (secondary N) is 1. The molecule has 5 heteroatoms. The van der Waals surface area contributed by atoms with E-state index in [1.165, 1.54) is 0 Å². The molecule has 1 aliphatic heterocycles. The number of likely N-dealkylation sites (tertiary alicyclic amines) is 1. The lowest BCUT2D eigenvalue weighted by molar-refractivity contribution is -0.117. The van der Waals surface area contributed by atoms with E-state index in [4.69, 9.17) is 10.8 Å². The molecule has 1 fully saturated rings. The minimum Gasteiger partial charge on any atom is -0.397 e. The van der Waals surface area contributed by atoms with E-state index in [2.05, 4.69) is 10.2 Å². The van der Waals surface area contributed by atoms with Crippen molar-refractivity contribution in [1.29, 1.82) is 0 Å². The Balaban J connectivity index is 1.84. The van der Waals surface area contributed by atoms with Crippen molar-refractivity contribution in [3.63, 3.8) is 0 Å². The number of nitrogen functional groups attached to an aromatic ring is 1. The number of aryl methyl sites for hydroxylation is 1. The first-order valence-corrected chi connectivity index (χ1v) is 7.07. The lowest BCUT2D eigenvalue weighted by Gasteiger charge is -2.30. The van der Waals surface area contributed by atoms with Gasteiger partial charge in [-0.1, -0.05) is 6.07 Å². The van der Waals surface area contributed by atoms with Crippen LogP contribution >= 0.6 is 0 Å². The van der Waals surface area contributed by atoms with Crippen LogP contribution in [0.1, 0.15) is 18.4 Å². The van der Waals surface area contributed by atoms with E-state index in [-0.39, 0.29) is 12.5 Å². The van der Waals surface area contributed by atoms with E-state index in [1.54, 1.807) is 0 Å². The van der Waals surface area contributed by atoms with Gasteiger partial charge in [0.1, 0.15) is 0 Å². The summed E-state index contributed by atoms with van der Waals surface area (Å²) in [6, 6.07) is 5.61. The van der Waals surface area contributed by atoms with Crippen LogP contribution in [0, 0.1) is 12.8 Å². The standard InChI is InChI=1S/C15H23N3O2/c1-11-2-3-14(13(16)8-11)17-15(20)9-18-6-4-12(10-19)5-7-18/h2-3,8,12,19H,4-7,9-10,16H2,1H3,(H,17,20). The summed E-state index contributed by atoms with van der Waals surface area (Å²) in [6.45, 7) is 4.32. The third kappa shape index (κ3) is 3.95. The number of rotatable bonds is 4. The van der Waals surface area contributed by atoms with Crippen molar-refractivity contribution in [1.82, 2.24) is 4.90 Å². The average Bonchev–Trinajstić information content (AvgIpc) is 2.43. The number of nitrogens with zero attached hydrogens (tertiary/aromatic N) is 1. The molecule has 0 atom stereocenters. The minimum atomic E-state index is -0.0389. The molecule has 0 aliphatic carbocycles. The van der Waals surface area contributed by atoms with Gasteiger partial charge in [-0.15, -0.1) is 0 Å². The molecule has 1 saturated heterocycles. The number of carbonyl (C=O) groups excluding carboxylic acids is 1. The quantitative estimate of drug-likeness (QED) is 0.723. The van der Waals surface area contributed by atoms with Gasteiger partial charge in [-0.05, 0) is 56.5 Å². The first-order chi connectivity index (χ1) is 9.58. The van der Waals surface area contributed by atoms with Crippen LogP contribution in [0.5, 0.6) is 0 Å². The maximum absolute atomic E-state index is 12.0. The third-order valence-corrected chi connectivity index (χ3v) is 3.81. The van der Waals surface area contributed by atoms with Crippen molar-refractivity contribution >= 4 is 17.3 Å². The van der Waals surface area contributed by atoms with Crippen molar-refractivity contribution in [2.75, 3.05) is 37.3 Å². The smallest absolute Gasteiger partial charge is 0.238 e. The van der Waals surface area contributed by atoms with Crippen molar-refractivity contribution in [3.05, 3.63) is 23.8 Å². The maximum atomic E-state index is 12.0. The van der Waals surface area contributed by atoms with E-state index >= 15 is 0 Å². The summed E-state index contributed by atoms with van der Waals surface area (Å²) in [5.74, 6) is 0.352. The number of aliphatic hydroxyl groups excluding tert-OH is 1. The molecule has 1 aliphatic rings. The molecule has 5 nitrogen and oxygen atoms in total. The molecule has 2 rings (SSSR count). The Bertz CT molecular complexity index is 468. The highest BCUT2D eigenvalue weighted by Crippen LogP contribution is 2.20. The summed E-state index contributed by atoms with van der Waals surface area (Å²) in [4.78, 5) is 14.1. The van der Waals surface area contributed by atoms with Crippen LogP contribution in [0.15, 0.2) is 18.2 Å². The van der Waals surface area contributed by atoms with Gasteiger partial charge in [0.2, 0.25) is 5.91 Å². The van der Waals surface area contributed by atoms with E-state index < -0.39 is 0 Å². The Labute approximate surface area is 119 Å². The second-order valence-electron chi connectivity index (χ2n) is 5.54. The van der Waals surface area contributed by atoms with Crippen LogP contribution < -0.4 is 11.1 Å². The Morgan fingerprint density at radius 3 is 2.75 bits per heavy atom. The second-order valence-corrected chi connectivity index (χ2v) is 5.54. The molecule has 0 aromatic heterocycles. The molecular formula is C15H23N3O2. The zero-order valence-electron chi connectivity index (χ0n) is 11.9. The molecule has 20 heavy (non-hydrogen) atoms. The average molecular weight is 277 g/mol. The zero-order chi connectivity index (χ0) is 14.5.